The zero-order valence-corrected chi connectivity index (χ0v) is 29.3. The molecule has 1 aromatic carbocycles. The van der Waals surface area contributed by atoms with Gasteiger partial charge in [0.1, 0.15) is 34.9 Å². The number of hydrogen-bond acceptors (Lipinski definition) is 13. The Morgan fingerprint density at radius 1 is 0.604 bits per heavy atom. The number of rotatable bonds is 15. The van der Waals surface area contributed by atoms with E-state index in [1.165, 1.54) is 19.1 Å². The van der Waals surface area contributed by atoms with Gasteiger partial charge in [-0.25, -0.2) is 9.59 Å². The highest BCUT2D eigenvalue weighted by molar-refractivity contribution is 5.96. The fraction of sp³-hybridized carbons (Fsp3) is 0.606. The van der Waals surface area contributed by atoms with Crippen molar-refractivity contribution in [3.8, 4) is 0 Å². The predicted octanol–water partition coefficient (Wildman–Crippen LogP) is 2.44. The smallest absolute Gasteiger partial charge is 0.356 e. The van der Waals surface area contributed by atoms with E-state index >= 15 is 0 Å². The summed E-state index contributed by atoms with van der Waals surface area (Å²) in [5, 5.41) is 4.69. The van der Waals surface area contributed by atoms with Gasteiger partial charge in [0.15, 0.2) is 0 Å². The van der Waals surface area contributed by atoms with Crippen molar-refractivity contribution in [3.05, 3.63) is 35.9 Å². The zero-order chi connectivity index (χ0) is 36.9. The summed E-state index contributed by atoms with van der Waals surface area (Å²) >= 11 is 0. The summed E-state index contributed by atoms with van der Waals surface area (Å²) in [6, 6.07) is 2.93. The van der Waals surface area contributed by atoms with Crippen molar-refractivity contribution < 1.29 is 57.3 Å². The Morgan fingerprint density at radius 3 is 1.44 bits per heavy atom. The van der Waals surface area contributed by atoms with Gasteiger partial charge in [-0.15, -0.1) is 5.48 Å². The van der Waals surface area contributed by atoms with Gasteiger partial charge in [0, 0.05) is 0 Å². The lowest BCUT2D eigenvalue weighted by atomic mass is 10.1. The Labute approximate surface area is 281 Å². The lowest BCUT2D eigenvalue weighted by molar-refractivity contribution is -0.161. The summed E-state index contributed by atoms with van der Waals surface area (Å²) in [5.41, 5.74) is -0.391. The average molecular weight is 680 g/mol. The normalized spacial score (nSPS) is 13.5. The lowest BCUT2D eigenvalue weighted by Crippen LogP contribution is -2.57. The Bertz CT molecular complexity index is 1290. The molecule has 0 heterocycles. The molecule has 0 aliphatic heterocycles. The maximum absolute atomic E-state index is 13.6. The van der Waals surface area contributed by atoms with Gasteiger partial charge in [-0.3, -0.25) is 24.0 Å². The van der Waals surface area contributed by atoms with Gasteiger partial charge in [0.05, 0.1) is 31.4 Å². The minimum atomic E-state index is -1.70. The van der Waals surface area contributed by atoms with E-state index < -0.39 is 95.9 Å². The van der Waals surface area contributed by atoms with Crippen LogP contribution in [0.2, 0.25) is 0 Å². The highest BCUT2D eigenvalue weighted by Crippen LogP contribution is 2.14. The molecule has 0 spiro atoms. The van der Waals surface area contributed by atoms with Gasteiger partial charge in [-0.05, 0) is 81.4 Å². The van der Waals surface area contributed by atoms with Crippen molar-refractivity contribution in [3.63, 3.8) is 0 Å². The molecule has 1 aromatic rings. The van der Waals surface area contributed by atoms with Crippen LogP contribution in [0.4, 0.5) is 0 Å². The second-order valence-corrected chi connectivity index (χ2v) is 13.7. The first-order chi connectivity index (χ1) is 22.0. The number of nitrogens with one attached hydrogen (secondary N) is 3. The molecular weight excluding hydrogens is 630 g/mol. The van der Waals surface area contributed by atoms with Crippen LogP contribution in [0.3, 0.4) is 0 Å². The van der Waals surface area contributed by atoms with Gasteiger partial charge in [0.2, 0.25) is 11.8 Å². The van der Waals surface area contributed by atoms with Crippen LogP contribution in [-0.2, 0) is 52.6 Å². The molecular formula is C33H49N3O12. The number of amides is 2. The molecule has 0 radical (unpaired) electrons. The number of hydrogen-bond donors (Lipinski definition) is 3. The summed E-state index contributed by atoms with van der Waals surface area (Å²) < 4.78 is 20.9. The van der Waals surface area contributed by atoms with Crippen molar-refractivity contribution in [2.24, 2.45) is 0 Å². The van der Waals surface area contributed by atoms with Crippen LogP contribution in [-0.4, -0.2) is 83.2 Å². The van der Waals surface area contributed by atoms with Gasteiger partial charge in [-0.1, -0.05) is 18.2 Å². The Balaban J connectivity index is 3.36. The van der Waals surface area contributed by atoms with E-state index in [4.69, 9.17) is 23.8 Å². The van der Waals surface area contributed by atoms with Crippen LogP contribution in [0.1, 0.15) is 98.9 Å². The SMILES string of the molecule is CCOC(=O)C(CC(=O)OC(C)(C)C)NC(=O)C(CC(=O)OC(C)(C)C)NC(=O)C(CC(=O)OC(C)(C)C)NOC(=O)c1ccccc1. The van der Waals surface area contributed by atoms with Crippen molar-refractivity contribution >= 4 is 41.7 Å². The maximum Gasteiger partial charge on any atom is 0.356 e. The summed E-state index contributed by atoms with van der Waals surface area (Å²) in [5.74, 6) is -6.51. The molecule has 0 bridgehead atoms. The molecule has 1 rings (SSSR count). The monoisotopic (exact) mass is 679 g/mol. The minimum absolute atomic E-state index is 0.0721. The van der Waals surface area contributed by atoms with Gasteiger partial charge in [0.25, 0.3) is 0 Å². The molecule has 3 unspecified atom stereocenters. The van der Waals surface area contributed by atoms with E-state index in [0.717, 1.165) is 0 Å². The molecule has 15 heteroatoms. The summed E-state index contributed by atoms with van der Waals surface area (Å²) in [6.07, 6.45) is -2.00. The van der Waals surface area contributed by atoms with Crippen molar-refractivity contribution in [2.45, 2.75) is 123 Å². The second kappa shape index (κ2) is 18.1. The molecule has 0 aromatic heterocycles. The number of hydroxylamine groups is 1. The van der Waals surface area contributed by atoms with Gasteiger partial charge >= 0.3 is 29.8 Å². The first kappa shape index (κ1) is 41.5. The van der Waals surface area contributed by atoms with Crippen LogP contribution in [0.15, 0.2) is 30.3 Å². The van der Waals surface area contributed by atoms with E-state index in [1.807, 2.05) is 0 Å². The third-order valence-corrected chi connectivity index (χ3v) is 5.51. The number of esters is 4. The zero-order valence-electron chi connectivity index (χ0n) is 29.3. The van der Waals surface area contributed by atoms with E-state index in [-0.39, 0.29) is 12.2 Å². The first-order valence-corrected chi connectivity index (χ1v) is 15.4. The fourth-order valence-corrected chi connectivity index (χ4v) is 3.79. The third kappa shape index (κ3) is 17.4. The molecule has 268 valence electrons. The van der Waals surface area contributed by atoms with Crippen LogP contribution < -0.4 is 16.1 Å². The molecule has 0 saturated heterocycles. The minimum Gasteiger partial charge on any atom is -0.464 e. The van der Waals surface area contributed by atoms with Crippen LogP contribution in [0.5, 0.6) is 0 Å². The topological polar surface area (TPSA) is 202 Å². The van der Waals surface area contributed by atoms with Crippen molar-refractivity contribution in [2.75, 3.05) is 6.61 Å². The largest absolute Gasteiger partial charge is 0.464 e. The summed E-state index contributed by atoms with van der Waals surface area (Å²) in [7, 11) is 0. The maximum atomic E-state index is 13.6. The number of carbonyl (C=O) groups excluding carboxylic acids is 7. The first-order valence-electron chi connectivity index (χ1n) is 15.4. The number of ether oxygens (including phenoxy) is 4. The van der Waals surface area contributed by atoms with Crippen molar-refractivity contribution in [1.82, 2.24) is 16.1 Å². The quantitative estimate of drug-likeness (QED) is 0.139. The molecule has 15 nitrogen and oxygen atoms in total. The van der Waals surface area contributed by atoms with Crippen LogP contribution >= 0.6 is 0 Å². The molecule has 0 fully saturated rings. The molecule has 3 atom stereocenters. The summed E-state index contributed by atoms with van der Waals surface area (Å²) in [6.45, 7) is 15.9. The van der Waals surface area contributed by atoms with E-state index in [1.54, 1.807) is 80.5 Å². The van der Waals surface area contributed by atoms with Crippen LogP contribution in [0, 0.1) is 0 Å². The molecule has 0 aliphatic carbocycles. The molecule has 0 saturated carbocycles. The number of carbonyl (C=O) groups is 7. The molecule has 0 aliphatic rings. The number of benzene rings is 1. The van der Waals surface area contributed by atoms with Crippen molar-refractivity contribution in [1.29, 1.82) is 0 Å². The highest BCUT2D eigenvalue weighted by atomic mass is 16.7. The second-order valence-electron chi connectivity index (χ2n) is 13.7. The summed E-state index contributed by atoms with van der Waals surface area (Å²) in [4.78, 5) is 95.5. The lowest BCUT2D eigenvalue weighted by Gasteiger charge is -2.26. The van der Waals surface area contributed by atoms with E-state index in [9.17, 15) is 33.6 Å². The van der Waals surface area contributed by atoms with Gasteiger partial charge in [-0.2, -0.15) is 0 Å². The third-order valence-electron chi connectivity index (χ3n) is 5.51. The Morgan fingerprint density at radius 2 is 1.00 bits per heavy atom. The average Bonchev–Trinajstić information content (AvgIpc) is 2.91. The van der Waals surface area contributed by atoms with E-state index in [2.05, 4.69) is 16.1 Å². The highest BCUT2D eigenvalue weighted by Gasteiger charge is 2.35. The molecule has 2 amide bonds. The van der Waals surface area contributed by atoms with E-state index in [0.29, 0.717) is 0 Å². The standard InChI is InChI=1S/C33H49N3O12/c1-11-44-30(43)23(19-26(39)47-33(8,9)10)35-27(40)21(17-24(37)45-31(2,3)4)34-28(41)22(18-25(38)46-32(5,6)7)36-48-29(42)20-15-13-12-14-16-20/h12-16,21-23,36H,11,17-19H2,1-10H3,(H,34,41)(H,35,40). The molecule has 48 heavy (non-hydrogen) atoms. The Hall–Kier alpha value is -4.53. The molecule has 3 N–H and O–H groups in total. The predicted molar refractivity (Wildman–Crippen MR) is 171 cm³/mol. The fourth-order valence-electron chi connectivity index (χ4n) is 3.79. The van der Waals surface area contributed by atoms with Gasteiger partial charge < -0.3 is 34.4 Å². The Kier molecular flexibility index (Phi) is 15.7. The van der Waals surface area contributed by atoms with Crippen LogP contribution in [0.25, 0.3) is 0 Å².